The molecule has 1 aliphatic heterocycles. The standard InChI is InChI=1S/C25H24ClN7O2S/c1-35-22-6-3-2-5-20(22)31-13-15-32(16-14-31)24(34)23-21(17-36-25-27-11-4-12-28-25)33(30-29-23)19-9-7-18(26)8-10-19/h2-12H,13-17H2,1H3. The highest BCUT2D eigenvalue weighted by molar-refractivity contribution is 7.98. The third-order valence-corrected chi connectivity index (χ3v) is 7.05. The first kappa shape index (κ1) is 24.1. The number of para-hydroxylation sites is 2. The lowest BCUT2D eigenvalue weighted by molar-refractivity contribution is 0.0740. The minimum Gasteiger partial charge on any atom is -0.495 e. The minimum atomic E-state index is -0.139. The van der Waals surface area contributed by atoms with E-state index in [4.69, 9.17) is 16.3 Å². The fourth-order valence-electron chi connectivity index (χ4n) is 4.07. The second-order valence-corrected chi connectivity index (χ2v) is 9.42. The van der Waals surface area contributed by atoms with Crippen LogP contribution in [-0.4, -0.2) is 69.1 Å². The Balaban J connectivity index is 1.37. The Bertz CT molecular complexity index is 1330. The van der Waals surface area contributed by atoms with Crippen molar-refractivity contribution >= 4 is 35.0 Å². The molecule has 0 N–H and O–H groups in total. The molecular weight excluding hydrogens is 498 g/mol. The normalized spacial score (nSPS) is 13.6. The van der Waals surface area contributed by atoms with Crippen molar-refractivity contribution in [1.29, 1.82) is 0 Å². The van der Waals surface area contributed by atoms with Crippen LogP contribution in [-0.2, 0) is 5.75 Å². The van der Waals surface area contributed by atoms with E-state index in [0.29, 0.717) is 53.5 Å². The summed E-state index contributed by atoms with van der Waals surface area (Å²) in [7, 11) is 1.67. The van der Waals surface area contributed by atoms with Crippen LogP contribution in [0.1, 0.15) is 16.2 Å². The van der Waals surface area contributed by atoms with Gasteiger partial charge in [0.2, 0.25) is 0 Å². The van der Waals surface area contributed by atoms with E-state index in [1.165, 1.54) is 11.8 Å². The van der Waals surface area contributed by atoms with E-state index in [-0.39, 0.29) is 5.91 Å². The summed E-state index contributed by atoms with van der Waals surface area (Å²) in [5, 5.41) is 9.87. The molecule has 4 aromatic rings. The van der Waals surface area contributed by atoms with Crippen molar-refractivity contribution in [2.75, 3.05) is 38.2 Å². The fourth-order valence-corrected chi connectivity index (χ4v) is 4.99. The van der Waals surface area contributed by atoms with E-state index < -0.39 is 0 Å². The number of piperazine rings is 1. The Labute approximate surface area is 218 Å². The molecule has 0 unspecified atom stereocenters. The topological polar surface area (TPSA) is 89.3 Å². The van der Waals surface area contributed by atoms with Crippen molar-refractivity contribution in [2.45, 2.75) is 10.9 Å². The Morgan fingerprint density at radius 3 is 2.44 bits per heavy atom. The largest absolute Gasteiger partial charge is 0.495 e. The Morgan fingerprint density at radius 1 is 1.00 bits per heavy atom. The van der Waals surface area contributed by atoms with Gasteiger partial charge in [0.05, 0.1) is 24.2 Å². The van der Waals surface area contributed by atoms with E-state index in [1.54, 1.807) is 42.4 Å². The molecule has 0 radical (unpaired) electrons. The zero-order valence-corrected chi connectivity index (χ0v) is 21.2. The lowest BCUT2D eigenvalue weighted by Crippen LogP contribution is -2.49. The van der Waals surface area contributed by atoms with E-state index in [2.05, 4.69) is 25.2 Å². The van der Waals surface area contributed by atoms with Gasteiger partial charge < -0.3 is 14.5 Å². The number of rotatable bonds is 7. The summed E-state index contributed by atoms with van der Waals surface area (Å²) >= 11 is 7.50. The molecule has 1 saturated heterocycles. The molecule has 1 aliphatic rings. The number of hydrogen-bond donors (Lipinski definition) is 0. The molecule has 2 aromatic carbocycles. The lowest BCUT2D eigenvalue weighted by Gasteiger charge is -2.36. The second-order valence-electron chi connectivity index (χ2n) is 8.04. The zero-order valence-electron chi connectivity index (χ0n) is 19.6. The third kappa shape index (κ3) is 5.14. The van der Waals surface area contributed by atoms with Gasteiger partial charge in [0, 0.05) is 49.3 Å². The number of nitrogens with zero attached hydrogens (tertiary/aromatic N) is 7. The number of benzene rings is 2. The second kappa shape index (κ2) is 11.0. The maximum absolute atomic E-state index is 13.6. The molecule has 3 heterocycles. The van der Waals surface area contributed by atoms with Crippen LogP contribution in [0.25, 0.3) is 5.69 Å². The van der Waals surface area contributed by atoms with Gasteiger partial charge in [-0.3, -0.25) is 4.79 Å². The highest BCUT2D eigenvalue weighted by Gasteiger charge is 2.29. The van der Waals surface area contributed by atoms with Gasteiger partial charge in [-0.1, -0.05) is 40.7 Å². The maximum Gasteiger partial charge on any atom is 0.276 e. The van der Waals surface area contributed by atoms with Gasteiger partial charge in [-0.05, 0) is 42.5 Å². The van der Waals surface area contributed by atoms with Crippen molar-refractivity contribution in [2.24, 2.45) is 0 Å². The van der Waals surface area contributed by atoms with E-state index in [0.717, 1.165) is 17.1 Å². The summed E-state index contributed by atoms with van der Waals surface area (Å²) in [6.45, 7) is 2.52. The molecule has 0 saturated carbocycles. The molecule has 0 spiro atoms. The number of halogens is 1. The number of carbonyl (C=O) groups excluding carboxylic acids is 1. The molecule has 36 heavy (non-hydrogen) atoms. The Kier molecular flexibility index (Phi) is 7.33. The molecule has 1 fully saturated rings. The number of hydrogen-bond acceptors (Lipinski definition) is 8. The van der Waals surface area contributed by atoms with E-state index >= 15 is 0 Å². The monoisotopic (exact) mass is 521 g/mol. The van der Waals surface area contributed by atoms with Crippen LogP contribution in [0.3, 0.4) is 0 Å². The van der Waals surface area contributed by atoms with Crippen molar-refractivity contribution in [1.82, 2.24) is 29.9 Å². The molecule has 0 atom stereocenters. The zero-order chi connectivity index (χ0) is 24.9. The third-order valence-electron chi connectivity index (χ3n) is 5.91. The number of carbonyl (C=O) groups is 1. The van der Waals surface area contributed by atoms with Gasteiger partial charge in [-0.15, -0.1) is 5.10 Å². The van der Waals surface area contributed by atoms with Gasteiger partial charge in [0.25, 0.3) is 5.91 Å². The summed E-state index contributed by atoms with van der Waals surface area (Å²) in [5.74, 6) is 1.12. The average molecular weight is 522 g/mol. The number of thioether (sulfide) groups is 1. The predicted molar refractivity (Wildman–Crippen MR) is 139 cm³/mol. The number of amides is 1. The molecule has 0 bridgehead atoms. The number of aromatic nitrogens is 5. The molecule has 184 valence electrons. The summed E-state index contributed by atoms with van der Waals surface area (Å²) in [6, 6.07) is 17.0. The van der Waals surface area contributed by atoms with Gasteiger partial charge in [0.1, 0.15) is 5.75 Å². The Hall–Kier alpha value is -3.63. The van der Waals surface area contributed by atoms with Crippen LogP contribution in [0, 0.1) is 0 Å². The van der Waals surface area contributed by atoms with E-state index in [9.17, 15) is 4.79 Å². The van der Waals surface area contributed by atoms with E-state index in [1.807, 2.05) is 41.3 Å². The first-order chi connectivity index (χ1) is 17.6. The molecule has 0 aliphatic carbocycles. The molecular formula is C25H24ClN7O2S. The summed E-state index contributed by atoms with van der Waals surface area (Å²) in [6.07, 6.45) is 3.38. The lowest BCUT2D eigenvalue weighted by atomic mass is 10.2. The summed E-state index contributed by atoms with van der Waals surface area (Å²) in [5.41, 5.74) is 2.82. The van der Waals surface area contributed by atoms with Crippen LogP contribution in [0.15, 0.2) is 72.1 Å². The number of anilines is 1. The quantitative estimate of drug-likeness (QED) is 0.266. The fraction of sp³-hybridized carbons (Fsp3) is 0.240. The van der Waals surface area contributed by atoms with Crippen molar-refractivity contribution in [3.05, 3.63) is 83.4 Å². The summed E-state index contributed by atoms with van der Waals surface area (Å²) in [4.78, 5) is 26.2. The van der Waals surface area contributed by atoms with Crippen molar-refractivity contribution in [3.63, 3.8) is 0 Å². The predicted octanol–water partition coefficient (Wildman–Crippen LogP) is 3.97. The highest BCUT2D eigenvalue weighted by Crippen LogP contribution is 2.29. The van der Waals surface area contributed by atoms with Crippen LogP contribution in [0.2, 0.25) is 5.02 Å². The van der Waals surface area contributed by atoms with Crippen LogP contribution < -0.4 is 9.64 Å². The van der Waals surface area contributed by atoms with Crippen LogP contribution in [0.4, 0.5) is 5.69 Å². The smallest absolute Gasteiger partial charge is 0.276 e. The SMILES string of the molecule is COc1ccccc1N1CCN(C(=O)c2nnn(-c3ccc(Cl)cc3)c2CSc2ncccn2)CC1. The van der Waals surface area contributed by atoms with Crippen molar-refractivity contribution in [3.8, 4) is 11.4 Å². The van der Waals surface area contributed by atoms with Gasteiger partial charge in [-0.2, -0.15) is 0 Å². The molecule has 5 rings (SSSR count). The van der Waals surface area contributed by atoms with Crippen molar-refractivity contribution < 1.29 is 9.53 Å². The van der Waals surface area contributed by atoms with Gasteiger partial charge in [-0.25, -0.2) is 14.6 Å². The van der Waals surface area contributed by atoms with Crippen LogP contribution in [0.5, 0.6) is 5.75 Å². The molecule has 1 amide bonds. The van der Waals surface area contributed by atoms with Gasteiger partial charge in [0.15, 0.2) is 10.9 Å². The number of methoxy groups -OCH3 is 1. The average Bonchev–Trinajstić information content (AvgIpc) is 3.36. The highest BCUT2D eigenvalue weighted by atomic mass is 35.5. The maximum atomic E-state index is 13.6. The molecule has 11 heteroatoms. The number of ether oxygens (including phenoxy) is 1. The Morgan fingerprint density at radius 2 is 1.72 bits per heavy atom. The molecule has 9 nitrogen and oxygen atoms in total. The first-order valence-corrected chi connectivity index (χ1v) is 12.8. The van der Waals surface area contributed by atoms with Gasteiger partial charge >= 0.3 is 0 Å². The first-order valence-electron chi connectivity index (χ1n) is 11.4. The molecule has 2 aromatic heterocycles. The summed E-state index contributed by atoms with van der Waals surface area (Å²) < 4.78 is 7.19. The minimum absolute atomic E-state index is 0.139. The van der Waals surface area contributed by atoms with Crippen LogP contribution >= 0.6 is 23.4 Å².